The average Bonchev–Trinajstić information content (AvgIpc) is 3.17. The van der Waals surface area contributed by atoms with Gasteiger partial charge in [0.1, 0.15) is 0 Å². The Morgan fingerprint density at radius 2 is 1.79 bits per heavy atom. The smallest absolute Gasteiger partial charge is 0.231 e. The van der Waals surface area contributed by atoms with Gasteiger partial charge in [0.2, 0.25) is 15.9 Å². The van der Waals surface area contributed by atoms with Crippen LogP contribution in [0.2, 0.25) is 0 Å². The second-order valence-corrected chi connectivity index (χ2v) is 9.23. The minimum Gasteiger partial charge on any atom is -0.369 e. The van der Waals surface area contributed by atoms with Gasteiger partial charge in [0.05, 0.1) is 12.8 Å². The van der Waals surface area contributed by atoms with Gasteiger partial charge in [0.15, 0.2) is 0 Å². The van der Waals surface area contributed by atoms with Gasteiger partial charge in [-0.2, -0.15) is 0 Å². The molecule has 0 aromatic heterocycles. The number of carbonyl (C=O) groups is 1. The maximum atomic E-state index is 11.5. The van der Waals surface area contributed by atoms with Crippen molar-refractivity contribution in [2.24, 2.45) is 5.73 Å². The lowest BCUT2D eigenvalue weighted by molar-refractivity contribution is -0.117. The molecular weight excluding hydrogens is 388 g/mol. The SMILES string of the molecule is CS(=O)(=O)Nc1cccc(-c2ccc(C(CN3CCCC3)NCC(N)=O)cc2)c1. The van der Waals surface area contributed by atoms with Crippen LogP contribution in [-0.4, -0.2) is 51.7 Å². The highest BCUT2D eigenvalue weighted by Crippen LogP contribution is 2.26. The fraction of sp³-hybridized carbons (Fsp3) is 0.381. The van der Waals surface area contributed by atoms with E-state index in [1.54, 1.807) is 6.07 Å². The Kier molecular flexibility index (Phi) is 6.89. The predicted octanol–water partition coefficient (Wildman–Crippen LogP) is 1.94. The van der Waals surface area contributed by atoms with E-state index in [0.717, 1.165) is 42.6 Å². The first kappa shape index (κ1) is 21.3. The van der Waals surface area contributed by atoms with Crippen LogP contribution in [0, 0.1) is 0 Å². The molecule has 3 rings (SSSR count). The number of benzene rings is 2. The van der Waals surface area contributed by atoms with Crippen molar-refractivity contribution in [2.75, 3.05) is 37.2 Å². The molecule has 2 aromatic carbocycles. The van der Waals surface area contributed by atoms with Crippen molar-refractivity contribution >= 4 is 21.6 Å². The zero-order valence-corrected chi connectivity index (χ0v) is 17.4. The summed E-state index contributed by atoms with van der Waals surface area (Å²) in [4.78, 5) is 13.6. The van der Waals surface area contributed by atoms with E-state index in [4.69, 9.17) is 5.73 Å². The van der Waals surface area contributed by atoms with Crippen LogP contribution in [0.4, 0.5) is 5.69 Å². The lowest BCUT2D eigenvalue weighted by Gasteiger charge is -2.24. The molecule has 8 heteroatoms. The Morgan fingerprint density at radius 1 is 1.10 bits per heavy atom. The summed E-state index contributed by atoms with van der Waals surface area (Å²) in [5.41, 5.74) is 8.85. The number of anilines is 1. The van der Waals surface area contributed by atoms with Gasteiger partial charge in [0.25, 0.3) is 0 Å². The minimum absolute atomic E-state index is 0.0212. The number of primary amides is 1. The predicted molar refractivity (Wildman–Crippen MR) is 116 cm³/mol. The molecule has 0 bridgehead atoms. The van der Waals surface area contributed by atoms with E-state index >= 15 is 0 Å². The van der Waals surface area contributed by atoms with Gasteiger partial charge >= 0.3 is 0 Å². The number of sulfonamides is 1. The van der Waals surface area contributed by atoms with Crippen molar-refractivity contribution < 1.29 is 13.2 Å². The molecule has 7 nitrogen and oxygen atoms in total. The van der Waals surface area contributed by atoms with Crippen LogP contribution in [0.15, 0.2) is 48.5 Å². The van der Waals surface area contributed by atoms with Crippen molar-refractivity contribution in [3.8, 4) is 11.1 Å². The third-order valence-corrected chi connectivity index (χ3v) is 5.58. The molecule has 156 valence electrons. The summed E-state index contributed by atoms with van der Waals surface area (Å²) in [7, 11) is -3.32. The summed E-state index contributed by atoms with van der Waals surface area (Å²) >= 11 is 0. The number of nitrogens with one attached hydrogen (secondary N) is 2. The molecule has 2 aromatic rings. The van der Waals surface area contributed by atoms with Crippen molar-refractivity contribution in [3.05, 3.63) is 54.1 Å². The number of hydrogen-bond acceptors (Lipinski definition) is 5. The Labute approximate surface area is 172 Å². The first-order valence-corrected chi connectivity index (χ1v) is 11.6. The highest BCUT2D eigenvalue weighted by Gasteiger charge is 2.19. The molecule has 1 atom stereocenters. The maximum Gasteiger partial charge on any atom is 0.231 e. The summed E-state index contributed by atoms with van der Waals surface area (Å²) in [5, 5.41) is 3.26. The fourth-order valence-corrected chi connectivity index (χ4v) is 4.17. The van der Waals surface area contributed by atoms with Gasteiger partial charge in [-0.05, 0) is 54.8 Å². The second-order valence-electron chi connectivity index (χ2n) is 7.48. The monoisotopic (exact) mass is 416 g/mol. The molecule has 1 aliphatic heterocycles. The summed E-state index contributed by atoms with van der Waals surface area (Å²) in [5.74, 6) is -0.372. The van der Waals surface area contributed by atoms with Crippen molar-refractivity contribution in [2.45, 2.75) is 18.9 Å². The third kappa shape index (κ3) is 6.56. The molecule has 1 heterocycles. The molecule has 4 N–H and O–H groups in total. The van der Waals surface area contributed by atoms with Crippen LogP contribution in [0.25, 0.3) is 11.1 Å². The molecule has 1 saturated heterocycles. The molecular formula is C21H28N4O3S. The van der Waals surface area contributed by atoms with Gasteiger partial charge in [0, 0.05) is 18.3 Å². The van der Waals surface area contributed by atoms with Crippen LogP contribution in [0.3, 0.4) is 0 Å². The van der Waals surface area contributed by atoms with E-state index in [1.165, 1.54) is 12.8 Å². The van der Waals surface area contributed by atoms with E-state index in [-0.39, 0.29) is 18.5 Å². The molecule has 0 radical (unpaired) electrons. The van der Waals surface area contributed by atoms with Crippen molar-refractivity contribution in [1.82, 2.24) is 10.2 Å². The fourth-order valence-electron chi connectivity index (χ4n) is 3.62. The van der Waals surface area contributed by atoms with Crippen molar-refractivity contribution in [1.29, 1.82) is 0 Å². The van der Waals surface area contributed by atoms with E-state index in [0.29, 0.717) is 5.69 Å². The van der Waals surface area contributed by atoms with Crippen LogP contribution in [-0.2, 0) is 14.8 Å². The molecule has 1 fully saturated rings. The molecule has 1 aliphatic rings. The number of rotatable bonds is 9. The molecule has 29 heavy (non-hydrogen) atoms. The van der Waals surface area contributed by atoms with Gasteiger partial charge < -0.3 is 16.0 Å². The quantitative estimate of drug-likeness (QED) is 0.579. The molecule has 0 aliphatic carbocycles. The second kappa shape index (κ2) is 9.39. The zero-order valence-electron chi connectivity index (χ0n) is 16.6. The standard InChI is InChI=1S/C21H28N4O3S/c1-29(27,28)24-19-6-4-5-18(13-19)16-7-9-17(10-8-16)20(23-14-21(22)26)15-25-11-2-3-12-25/h4-10,13,20,23-24H,2-3,11-12,14-15H2,1H3,(H2,22,26). The highest BCUT2D eigenvalue weighted by atomic mass is 32.2. The van der Waals surface area contributed by atoms with E-state index in [1.807, 2.05) is 42.5 Å². The highest BCUT2D eigenvalue weighted by molar-refractivity contribution is 7.92. The summed E-state index contributed by atoms with van der Waals surface area (Å²) in [6, 6.07) is 15.4. The van der Waals surface area contributed by atoms with Gasteiger partial charge in [-0.3, -0.25) is 9.52 Å². The van der Waals surface area contributed by atoms with Crippen molar-refractivity contribution in [3.63, 3.8) is 0 Å². The third-order valence-electron chi connectivity index (χ3n) is 4.97. The van der Waals surface area contributed by atoms with E-state index < -0.39 is 10.0 Å². The number of amides is 1. The lowest BCUT2D eigenvalue weighted by atomic mass is 10.00. The Balaban J connectivity index is 1.77. The first-order chi connectivity index (χ1) is 13.8. The van der Waals surface area contributed by atoms with Crippen LogP contribution in [0.1, 0.15) is 24.4 Å². The largest absolute Gasteiger partial charge is 0.369 e. The minimum atomic E-state index is -3.32. The van der Waals surface area contributed by atoms with Gasteiger partial charge in [-0.25, -0.2) is 8.42 Å². The van der Waals surface area contributed by atoms with Crippen LogP contribution >= 0.6 is 0 Å². The summed E-state index contributed by atoms with van der Waals surface area (Å²) < 4.78 is 25.4. The molecule has 0 spiro atoms. The number of nitrogens with zero attached hydrogens (tertiary/aromatic N) is 1. The van der Waals surface area contributed by atoms with Gasteiger partial charge in [-0.1, -0.05) is 36.4 Å². The number of likely N-dealkylation sites (tertiary alicyclic amines) is 1. The number of carbonyl (C=O) groups excluding carboxylic acids is 1. The topological polar surface area (TPSA) is 105 Å². The first-order valence-electron chi connectivity index (χ1n) is 9.72. The molecule has 0 saturated carbocycles. The Hall–Kier alpha value is -2.42. The summed E-state index contributed by atoms with van der Waals surface area (Å²) in [6.07, 6.45) is 3.55. The van der Waals surface area contributed by atoms with Gasteiger partial charge in [-0.15, -0.1) is 0 Å². The van der Waals surface area contributed by atoms with E-state index in [2.05, 4.69) is 14.9 Å². The number of hydrogen-bond donors (Lipinski definition) is 3. The average molecular weight is 417 g/mol. The molecule has 1 unspecified atom stereocenters. The lowest BCUT2D eigenvalue weighted by Crippen LogP contribution is -2.38. The van der Waals surface area contributed by atoms with Crippen LogP contribution < -0.4 is 15.8 Å². The van der Waals surface area contributed by atoms with E-state index in [9.17, 15) is 13.2 Å². The maximum absolute atomic E-state index is 11.5. The molecule has 1 amide bonds. The normalized spacial score (nSPS) is 15.9. The number of nitrogens with two attached hydrogens (primary N) is 1. The Bertz CT molecular complexity index is 939. The summed E-state index contributed by atoms with van der Waals surface area (Å²) in [6.45, 7) is 3.12. The Morgan fingerprint density at radius 3 is 2.41 bits per heavy atom. The zero-order chi connectivity index (χ0) is 20.9. The van der Waals surface area contributed by atoms with Crippen LogP contribution in [0.5, 0.6) is 0 Å².